The molecular formula is C14H23NO2. The molecule has 3 heteroatoms. The maximum Gasteiger partial charge on any atom is 0.124 e. The second-order valence-corrected chi connectivity index (χ2v) is 4.36. The Hall–Kier alpha value is -1.22. The first-order chi connectivity index (χ1) is 8.17. The number of hydrogen-bond acceptors (Lipinski definition) is 3. The monoisotopic (exact) mass is 237 g/mol. The molecule has 0 amide bonds. The fourth-order valence-corrected chi connectivity index (χ4v) is 1.49. The van der Waals surface area contributed by atoms with Crippen molar-refractivity contribution in [1.29, 1.82) is 0 Å². The molecule has 3 nitrogen and oxygen atoms in total. The standard InChI is InChI=1S/C14H23NO2/c1-5-8-17-14-7-6-13(16-4)9-12(14)10-15-11(2)3/h6-7,9,11,15H,5,8,10H2,1-4H3. The Kier molecular flexibility index (Phi) is 5.84. The molecule has 0 radical (unpaired) electrons. The summed E-state index contributed by atoms with van der Waals surface area (Å²) in [6.45, 7) is 7.92. The van der Waals surface area contributed by atoms with E-state index in [-0.39, 0.29) is 0 Å². The van der Waals surface area contributed by atoms with E-state index in [9.17, 15) is 0 Å². The molecule has 0 saturated heterocycles. The Morgan fingerprint density at radius 1 is 1.29 bits per heavy atom. The van der Waals surface area contributed by atoms with Gasteiger partial charge in [-0.15, -0.1) is 0 Å². The Labute approximate surface area is 104 Å². The van der Waals surface area contributed by atoms with Crippen LogP contribution in [0.1, 0.15) is 32.8 Å². The smallest absolute Gasteiger partial charge is 0.124 e. The quantitative estimate of drug-likeness (QED) is 0.791. The van der Waals surface area contributed by atoms with Crippen LogP contribution in [0, 0.1) is 0 Å². The van der Waals surface area contributed by atoms with Crippen LogP contribution < -0.4 is 14.8 Å². The van der Waals surface area contributed by atoms with Gasteiger partial charge in [0.25, 0.3) is 0 Å². The number of rotatable bonds is 7. The predicted molar refractivity (Wildman–Crippen MR) is 70.8 cm³/mol. The van der Waals surface area contributed by atoms with Gasteiger partial charge in [0.05, 0.1) is 13.7 Å². The van der Waals surface area contributed by atoms with Gasteiger partial charge in [-0.25, -0.2) is 0 Å². The maximum absolute atomic E-state index is 5.72. The van der Waals surface area contributed by atoms with Gasteiger partial charge in [0, 0.05) is 18.2 Å². The zero-order chi connectivity index (χ0) is 12.7. The van der Waals surface area contributed by atoms with Crippen molar-refractivity contribution in [3.63, 3.8) is 0 Å². The first kappa shape index (κ1) is 13.8. The molecule has 0 spiro atoms. The van der Waals surface area contributed by atoms with Crippen molar-refractivity contribution in [2.75, 3.05) is 13.7 Å². The highest BCUT2D eigenvalue weighted by Crippen LogP contribution is 2.24. The highest BCUT2D eigenvalue weighted by Gasteiger charge is 2.06. The van der Waals surface area contributed by atoms with Crippen LogP contribution in [0.3, 0.4) is 0 Å². The van der Waals surface area contributed by atoms with Gasteiger partial charge >= 0.3 is 0 Å². The molecular weight excluding hydrogens is 214 g/mol. The average molecular weight is 237 g/mol. The van der Waals surface area contributed by atoms with E-state index in [2.05, 4.69) is 26.1 Å². The number of methoxy groups -OCH3 is 1. The molecule has 1 N–H and O–H groups in total. The molecule has 0 aromatic heterocycles. The van der Waals surface area contributed by atoms with E-state index in [0.29, 0.717) is 6.04 Å². The van der Waals surface area contributed by atoms with Crippen LogP contribution in [0.15, 0.2) is 18.2 Å². The number of hydrogen-bond donors (Lipinski definition) is 1. The van der Waals surface area contributed by atoms with E-state index in [4.69, 9.17) is 9.47 Å². The van der Waals surface area contributed by atoms with Crippen LogP contribution in [0.2, 0.25) is 0 Å². The molecule has 0 aliphatic heterocycles. The fraction of sp³-hybridized carbons (Fsp3) is 0.571. The van der Waals surface area contributed by atoms with Crippen molar-refractivity contribution in [2.24, 2.45) is 0 Å². The van der Waals surface area contributed by atoms with Crippen molar-refractivity contribution in [2.45, 2.75) is 39.8 Å². The summed E-state index contributed by atoms with van der Waals surface area (Å²) in [7, 11) is 1.68. The molecule has 1 aromatic rings. The Morgan fingerprint density at radius 3 is 2.65 bits per heavy atom. The first-order valence-electron chi connectivity index (χ1n) is 6.20. The molecule has 17 heavy (non-hydrogen) atoms. The predicted octanol–water partition coefficient (Wildman–Crippen LogP) is 2.98. The van der Waals surface area contributed by atoms with Crippen molar-refractivity contribution in [3.8, 4) is 11.5 Å². The van der Waals surface area contributed by atoms with Crippen molar-refractivity contribution < 1.29 is 9.47 Å². The summed E-state index contributed by atoms with van der Waals surface area (Å²) in [4.78, 5) is 0. The molecule has 0 saturated carbocycles. The van der Waals surface area contributed by atoms with Gasteiger partial charge in [-0.1, -0.05) is 20.8 Å². The molecule has 0 aliphatic carbocycles. The lowest BCUT2D eigenvalue weighted by atomic mass is 10.1. The lowest BCUT2D eigenvalue weighted by Crippen LogP contribution is -2.22. The highest BCUT2D eigenvalue weighted by molar-refractivity contribution is 5.40. The largest absolute Gasteiger partial charge is 0.497 e. The van der Waals surface area contributed by atoms with E-state index in [1.54, 1.807) is 7.11 Å². The van der Waals surface area contributed by atoms with Crippen LogP contribution in [0.4, 0.5) is 0 Å². The third-order valence-corrected chi connectivity index (χ3v) is 2.43. The van der Waals surface area contributed by atoms with Gasteiger partial charge < -0.3 is 14.8 Å². The van der Waals surface area contributed by atoms with Crippen molar-refractivity contribution in [1.82, 2.24) is 5.32 Å². The zero-order valence-electron chi connectivity index (χ0n) is 11.2. The van der Waals surface area contributed by atoms with Crippen LogP contribution in [0.25, 0.3) is 0 Å². The zero-order valence-corrected chi connectivity index (χ0v) is 11.2. The minimum absolute atomic E-state index is 0.459. The molecule has 96 valence electrons. The minimum Gasteiger partial charge on any atom is -0.497 e. The summed E-state index contributed by atoms with van der Waals surface area (Å²) in [6, 6.07) is 6.40. The molecule has 0 heterocycles. The normalized spacial score (nSPS) is 10.6. The summed E-state index contributed by atoms with van der Waals surface area (Å²) >= 11 is 0. The third kappa shape index (κ3) is 4.65. The van der Waals surface area contributed by atoms with Crippen LogP contribution in [0.5, 0.6) is 11.5 Å². The minimum atomic E-state index is 0.459. The summed E-state index contributed by atoms with van der Waals surface area (Å²) in [6.07, 6.45) is 1.02. The third-order valence-electron chi connectivity index (χ3n) is 2.43. The van der Waals surface area contributed by atoms with E-state index in [1.165, 1.54) is 0 Å². The van der Waals surface area contributed by atoms with Gasteiger partial charge in [-0.2, -0.15) is 0 Å². The van der Waals surface area contributed by atoms with Crippen molar-refractivity contribution >= 4 is 0 Å². The summed E-state index contributed by atoms with van der Waals surface area (Å²) < 4.78 is 11.0. The molecule has 0 unspecified atom stereocenters. The molecule has 0 aliphatic rings. The molecule has 1 aromatic carbocycles. The maximum atomic E-state index is 5.72. The number of ether oxygens (including phenoxy) is 2. The summed E-state index contributed by atoms with van der Waals surface area (Å²) in [5, 5.41) is 3.39. The fourth-order valence-electron chi connectivity index (χ4n) is 1.49. The molecule has 1 rings (SSSR count). The lowest BCUT2D eigenvalue weighted by molar-refractivity contribution is 0.312. The van der Waals surface area contributed by atoms with Gasteiger partial charge in [0.15, 0.2) is 0 Å². The van der Waals surface area contributed by atoms with Crippen LogP contribution >= 0.6 is 0 Å². The Bertz CT molecular complexity index is 337. The first-order valence-corrected chi connectivity index (χ1v) is 6.20. The van der Waals surface area contributed by atoms with E-state index in [0.717, 1.165) is 36.6 Å². The molecule has 0 atom stereocenters. The number of nitrogens with one attached hydrogen (secondary N) is 1. The van der Waals surface area contributed by atoms with Gasteiger partial charge in [-0.3, -0.25) is 0 Å². The molecule has 0 bridgehead atoms. The average Bonchev–Trinajstić information content (AvgIpc) is 2.34. The van der Waals surface area contributed by atoms with E-state index >= 15 is 0 Å². The summed E-state index contributed by atoms with van der Waals surface area (Å²) in [5.74, 6) is 1.82. The van der Waals surface area contributed by atoms with E-state index < -0.39 is 0 Å². The highest BCUT2D eigenvalue weighted by atomic mass is 16.5. The lowest BCUT2D eigenvalue weighted by Gasteiger charge is -2.14. The van der Waals surface area contributed by atoms with Gasteiger partial charge in [-0.05, 0) is 24.6 Å². The number of benzene rings is 1. The van der Waals surface area contributed by atoms with Crippen molar-refractivity contribution in [3.05, 3.63) is 23.8 Å². The second-order valence-electron chi connectivity index (χ2n) is 4.36. The second kappa shape index (κ2) is 7.17. The van der Waals surface area contributed by atoms with Crippen LogP contribution in [-0.4, -0.2) is 19.8 Å². The SMILES string of the molecule is CCCOc1ccc(OC)cc1CNC(C)C. The Morgan fingerprint density at radius 2 is 2.06 bits per heavy atom. The Balaban J connectivity index is 2.78. The summed E-state index contributed by atoms with van der Waals surface area (Å²) in [5.41, 5.74) is 1.14. The van der Waals surface area contributed by atoms with Crippen LogP contribution in [-0.2, 0) is 6.54 Å². The molecule has 0 fully saturated rings. The van der Waals surface area contributed by atoms with E-state index in [1.807, 2.05) is 18.2 Å². The topological polar surface area (TPSA) is 30.5 Å². The van der Waals surface area contributed by atoms with Gasteiger partial charge in [0.1, 0.15) is 11.5 Å². The van der Waals surface area contributed by atoms with Gasteiger partial charge in [0.2, 0.25) is 0 Å².